The van der Waals surface area contributed by atoms with Gasteiger partial charge in [0, 0.05) is 13.1 Å². The van der Waals surface area contributed by atoms with Crippen molar-refractivity contribution in [2.24, 2.45) is 17.8 Å². The lowest BCUT2D eigenvalue weighted by Gasteiger charge is -2.34. The Balaban J connectivity index is 2.82. The van der Waals surface area contributed by atoms with E-state index in [1.54, 1.807) is 0 Å². The van der Waals surface area contributed by atoms with Gasteiger partial charge in [-0.2, -0.15) is 17.4 Å². The number of hydrogen-bond acceptors (Lipinski definition) is 4. The highest BCUT2D eigenvalue weighted by Crippen LogP contribution is 2.23. The van der Waals surface area contributed by atoms with Gasteiger partial charge < -0.3 is 4.74 Å². The van der Waals surface area contributed by atoms with Gasteiger partial charge in [-0.1, -0.05) is 27.7 Å². The van der Waals surface area contributed by atoms with Crippen LogP contribution in [0.5, 0.6) is 0 Å². The van der Waals surface area contributed by atoms with E-state index >= 15 is 0 Å². The molecule has 1 aliphatic rings. The predicted molar refractivity (Wildman–Crippen MR) is 81.8 cm³/mol. The van der Waals surface area contributed by atoms with Gasteiger partial charge in [-0.15, -0.1) is 0 Å². The quantitative estimate of drug-likeness (QED) is 0.750. The normalized spacial score (nSPS) is 25.8. The van der Waals surface area contributed by atoms with E-state index in [2.05, 4.69) is 4.72 Å². The topological polar surface area (TPSA) is 75.7 Å². The van der Waals surface area contributed by atoms with Crippen LogP contribution >= 0.6 is 0 Å². The summed E-state index contributed by atoms with van der Waals surface area (Å²) >= 11 is 0. The number of carbonyl (C=O) groups is 1. The Morgan fingerprint density at radius 2 is 1.81 bits per heavy atom. The lowest BCUT2D eigenvalue weighted by atomic mass is 9.94. The first-order valence-electron chi connectivity index (χ1n) is 7.51. The van der Waals surface area contributed by atoms with E-state index in [1.807, 2.05) is 27.7 Å². The minimum absolute atomic E-state index is 0.191. The molecule has 1 saturated heterocycles. The van der Waals surface area contributed by atoms with Gasteiger partial charge in [0.2, 0.25) is 0 Å². The molecule has 124 valence electrons. The lowest BCUT2D eigenvalue weighted by Crippen LogP contribution is -2.52. The zero-order valence-corrected chi connectivity index (χ0v) is 14.4. The Morgan fingerprint density at radius 3 is 2.24 bits per heavy atom. The van der Waals surface area contributed by atoms with Crippen LogP contribution in [0, 0.1) is 17.8 Å². The molecule has 3 unspecified atom stereocenters. The number of esters is 1. The number of nitrogens with one attached hydrogen (secondary N) is 1. The van der Waals surface area contributed by atoms with E-state index in [-0.39, 0.29) is 5.92 Å². The van der Waals surface area contributed by atoms with Crippen molar-refractivity contribution in [1.29, 1.82) is 0 Å². The molecule has 1 N–H and O–H groups in total. The summed E-state index contributed by atoms with van der Waals surface area (Å²) in [6.45, 7) is 8.96. The van der Waals surface area contributed by atoms with Gasteiger partial charge in [-0.25, -0.2) is 0 Å². The average Bonchev–Trinajstić information content (AvgIpc) is 2.35. The van der Waals surface area contributed by atoms with Crippen molar-refractivity contribution < 1.29 is 17.9 Å². The van der Waals surface area contributed by atoms with Gasteiger partial charge in [0.1, 0.15) is 6.04 Å². The molecule has 0 spiro atoms. The fourth-order valence-electron chi connectivity index (χ4n) is 2.86. The fourth-order valence-corrected chi connectivity index (χ4v) is 4.46. The maximum atomic E-state index is 12.5. The second kappa shape index (κ2) is 7.56. The maximum absolute atomic E-state index is 12.5. The Bertz CT molecular complexity index is 440. The largest absolute Gasteiger partial charge is 0.468 e. The van der Waals surface area contributed by atoms with E-state index in [0.717, 1.165) is 6.42 Å². The van der Waals surface area contributed by atoms with Crippen LogP contribution in [0.25, 0.3) is 0 Å². The summed E-state index contributed by atoms with van der Waals surface area (Å²) in [5, 5.41) is 0. The first kappa shape index (κ1) is 18.4. The molecule has 0 aromatic carbocycles. The molecule has 7 heteroatoms. The third-order valence-corrected chi connectivity index (χ3v) is 5.22. The van der Waals surface area contributed by atoms with E-state index < -0.39 is 22.2 Å². The predicted octanol–water partition coefficient (Wildman–Crippen LogP) is 1.39. The summed E-state index contributed by atoms with van der Waals surface area (Å²) in [7, 11) is -2.39. The molecular formula is C14H28N2O4S. The lowest BCUT2D eigenvalue weighted by molar-refractivity contribution is -0.143. The van der Waals surface area contributed by atoms with E-state index in [0.29, 0.717) is 31.3 Å². The molecule has 6 nitrogen and oxygen atoms in total. The molecule has 1 fully saturated rings. The monoisotopic (exact) mass is 320 g/mol. The third kappa shape index (κ3) is 5.56. The molecule has 1 rings (SSSR count). The first-order chi connectivity index (χ1) is 9.65. The SMILES string of the molecule is COC(=O)C(CC(C)C)NS(=O)(=O)N1CC(C)CC(C)C1. The van der Waals surface area contributed by atoms with Crippen LogP contribution in [0.15, 0.2) is 0 Å². The van der Waals surface area contributed by atoms with Gasteiger partial charge in [0.05, 0.1) is 7.11 Å². The number of methoxy groups -OCH3 is 1. The highest BCUT2D eigenvalue weighted by Gasteiger charge is 2.34. The van der Waals surface area contributed by atoms with E-state index in [1.165, 1.54) is 11.4 Å². The summed E-state index contributed by atoms with van der Waals surface area (Å²) in [4.78, 5) is 11.8. The molecule has 3 atom stereocenters. The van der Waals surface area contributed by atoms with Crippen molar-refractivity contribution in [3.05, 3.63) is 0 Å². The van der Waals surface area contributed by atoms with Gasteiger partial charge >= 0.3 is 5.97 Å². The van der Waals surface area contributed by atoms with Crippen molar-refractivity contribution in [2.75, 3.05) is 20.2 Å². The molecule has 1 heterocycles. The molecule has 1 aliphatic heterocycles. The molecule has 21 heavy (non-hydrogen) atoms. The first-order valence-corrected chi connectivity index (χ1v) is 8.95. The van der Waals surface area contributed by atoms with Crippen LogP contribution in [0.4, 0.5) is 0 Å². The summed E-state index contributed by atoms with van der Waals surface area (Å²) < 4.78 is 33.7. The average molecular weight is 320 g/mol. The standard InChI is InChI=1S/C14H28N2O4S/c1-10(2)6-13(14(17)20-5)15-21(18,19)16-8-11(3)7-12(4)9-16/h10-13,15H,6-9H2,1-5H3. The Kier molecular flexibility index (Phi) is 6.62. The third-order valence-electron chi connectivity index (χ3n) is 3.66. The zero-order valence-electron chi connectivity index (χ0n) is 13.6. The zero-order chi connectivity index (χ0) is 16.2. The number of piperidine rings is 1. The summed E-state index contributed by atoms with van der Waals surface area (Å²) in [5.41, 5.74) is 0. The molecule has 0 aliphatic carbocycles. The molecule has 0 amide bonds. The number of rotatable bonds is 6. The van der Waals surface area contributed by atoms with Crippen LogP contribution in [0.3, 0.4) is 0 Å². The minimum atomic E-state index is -3.67. The highest BCUT2D eigenvalue weighted by atomic mass is 32.2. The van der Waals surface area contributed by atoms with Crippen molar-refractivity contribution >= 4 is 16.2 Å². The van der Waals surface area contributed by atoms with Crippen molar-refractivity contribution in [3.63, 3.8) is 0 Å². The Morgan fingerprint density at radius 1 is 1.29 bits per heavy atom. The van der Waals surface area contributed by atoms with Gasteiger partial charge in [0.25, 0.3) is 10.2 Å². The van der Waals surface area contributed by atoms with Crippen LogP contribution < -0.4 is 4.72 Å². The van der Waals surface area contributed by atoms with E-state index in [9.17, 15) is 13.2 Å². The van der Waals surface area contributed by atoms with Gasteiger partial charge in [-0.05, 0) is 30.6 Å². The minimum Gasteiger partial charge on any atom is -0.468 e. The molecule has 0 bridgehead atoms. The fraction of sp³-hybridized carbons (Fsp3) is 0.929. The van der Waals surface area contributed by atoms with Crippen LogP contribution in [0.2, 0.25) is 0 Å². The number of carbonyl (C=O) groups excluding carboxylic acids is 1. The Labute approximate surface area is 128 Å². The van der Waals surface area contributed by atoms with Gasteiger partial charge in [0.15, 0.2) is 0 Å². The molecule has 0 saturated carbocycles. The number of hydrogen-bond donors (Lipinski definition) is 1. The van der Waals surface area contributed by atoms with Crippen molar-refractivity contribution in [1.82, 2.24) is 9.03 Å². The van der Waals surface area contributed by atoms with E-state index in [4.69, 9.17) is 4.74 Å². The number of ether oxygens (including phenoxy) is 1. The number of nitrogens with zero attached hydrogens (tertiary/aromatic N) is 1. The summed E-state index contributed by atoms with van der Waals surface area (Å²) in [5.74, 6) is 0.306. The van der Waals surface area contributed by atoms with Crippen LogP contribution in [-0.2, 0) is 19.7 Å². The van der Waals surface area contributed by atoms with Crippen LogP contribution in [0.1, 0.15) is 40.5 Å². The summed E-state index contributed by atoms with van der Waals surface area (Å²) in [6, 6.07) is -0.826. The Hall–Kier alpha value is -0.660. The van der Waals surface area contributed by atoms with Gasteiger partial charge in [-0.3, -0.25) is 4.79 Å². The second-order valence-corrected chi connectivity index (χ2v) is 8.29. The van der Waals surface area contributed by atoms with Crippen LogP contribution in [-0.4, -0.2) is 44.9 Å². The molecule has 0 aromatic heterocycles. The van der Waals surface area contributed by atoms with Crippen molar-refractivity contribution in [2.45, 2.75) is 46.6 Å². The van der Waals surface area contributed by atoms with Crippen molar-refractivity contribution in [3.8, 4) is 0 Å². The summed E-state index contributed by atoms with van der Waals surface area (Å²) in [6.07, 6.45) is 1.45. The maximum Gasteiger partial charge on any atom is 0.323 e. The molecule has 0 radical (unpaired) electrons. The second-order valence-electron chi connectivity index (χ2n) is 6.59. The smallest absolute Gasteiger partial charge is 0.323 e. The highest BCUT2D eigenvalue weighted by molar-refractivity contribution is 7.87. The molecular weight excluding hydrogens is 292 g/mol. The molecule has 0 aromatic rings.